The average molecular weight is 535 g/mol. The molecule has 202 valence electrons. The number of aromatic nitrogens is 7. The van der Waals surface area contributed by atoms with Gasteiger partial charge in [0, 0.05) is 24.4 Å². The molecule has 10 heteroatoms. The number of anilines is 1. The minimum atomic E-state index is -0.215. The van der Waals surface area contributed by atoms with Crippen molar-refractivity contribution in [2.75, 3.05) is 5.32 Å². The van der Waals surface area contributed by atoms with E-state index in [1.165, 1.54) is 0 Å². The molecule has 7 rings (SSSR count). The molecule has 10 nitrogen and oxygen atoms in total. The number of pyridine rings is 2. The summed E-state index contributed by atoms with van der Waals surface area (Å²) in [5.74, 6) is 3.25. The van der Waals surface area contributed by atoms with Crippen molar-refractivity contribution in [1.82, 2.24) is 34.7 Å². The maximum absolute atomic E-state index is 6.35. The molecule has 0 unspecified atom stereocenters. The van der Waals surface area contributed by atoms with Gasteiger partial charge in [-0.1, -0.05) is 12.1 Å². The zero-order valence-electron chi connectivity index (χ0n) is 22.8. The Kier molecular flexibility index (Phi) is 5.83. The Bertz CT molecular complexity index is 1690. The van der Waals surface area contributed by atoms with Gasteiger partial charge in [0.2, 0.25) is 17.7 Å². The molecule has 4 aromatic heterocycles. The molecule has 2 fully saturated rings. The summed E-state index contributed by atoms with van der Waals surface area (Å²) < 4.78 is 14.0. The van der Waals surface area contributed by atoms with Gasteiger partial charge in [0.15, 0.2) is 5.52 Å². The second-order valence-electron chi connectivity index (χ2n) is 10.8. The van der Waals surface area contributed by atoms with E-state index >= 15 is 0 Å². The molecule has 40 heavy (non-hydrogen) atoms. The van der Waals surface area contributed by atoms with E-state index < -0.39 is 0 Å². The summed E-state index contributed by atoms with van der Waals surface area (Å²) in [4.78, 5) is 23.2. The number of hydrogen-bond donors (Lipinski definition) is 1. The lowest BCUT2D eigenvalue weighted by atomic mass is 10.2. The maximum Gasteiger partial charge on any atom is 0.246 e. The Balaban J connectivity index is 1.13. The molecule has 0 bridgehead atoms. The molecular formula is C30H30N8O2. The summed E-state index contributed by atoms with van der Waals surface area (Å²) in [7, 11) is 0. The molecule has 1 aromatic carbocycles. The SMILES string of the molecule is Cc1nc(C)n(-c2ccc(CNc3nc(OC4(C)CC4)c4nc(-c5ccc(OC6CC6)nc5)ccc4n3)cc2)n1. The molecule has 2 aliphatic rings. The van der Waals surface area contributed by atoms with Crippen LogP contribution in [0.1, 0.15) is 49.8 Å². The molecule has 0 amide bonds. The highest BCUT2D eigenvalue weighted by atomic mass is 16.5. The van der Waals surface area contributed by atoms with Gasteiger partial charge >= 0.3 is 0 Å². The van der Waals surface area contributed by atoms with Crippen LogP contribution >= 0.6 is 0 Å². The van der Waals surface area contributed by atoms with Crippen LogP contribution in [0.3, 0.4) is 0 Å². The molecule has 0 atom stereocenters. The van der Waals surface area contributed by atoms with Gasteiger partial charge in [-0.05, 0) is 82.3 Å². The van der Waals surface area contributed by atoms with Crippen LogP contribution in [0, 0.1) is 13.8 Å². The number of aryl methyl sites for hydroxylation is 2. The fourth-order valence-corrected chi connectivity index (χ4v) is 4.47. The molecule has 2 saturated carbocycles. The second kappa shape index (κ2) is 9.55. The van der Waals surface area contributed by atoms with Crippen LogP contribution in [-0.4, -0.2) is 46.4 Å². The van der Waals surface area contributed by atoms with Gasteiger partial charge in [-0.2, -0.15) is 10.1 Å². The van der Waals surface area contributed by atoms with E-state index in [4.69, 9.17) is 24.4 Å². The van der Waals surface area contributed by atoms with Gasteiger partial charge < -0.3 is 14.8 Å². The van der Waals surface area contributed by atoms with Crippen LogP contribution in [0.15, 0.2) is 54.7 Å². The Labute approximate surface area is 231 Å². The minimum absolute atomic E-state index is 0.215. The highest BCUT2D eigenvalue weighted by Crippen LogP contribution is 2.41. The fraction of sp³-hybridized carbons (Fsp3) is 0.333. The molecule has 0 aliphatic heterocycles. The van der Waals surface area contributed by atoms with Gasteiger partial charge in [-0.15, -0.1) is 0 Å². The summed E-state index contributed by atoms with van der Waals surface area (Å²) >= 11 is 0. The highest BCUT2D eigenvalue weighted by Gasteiger charge is 2.41. The highest BCUT2D eigenvalue weighted by molar-refractivity contribution is 5.83. The molecule has 0 saturated heterocycles. The number of benzene rings is 1. The predicted octanol–water partition coefficient (Wildman–Crippen LogP) is 5.37. The lowest BCUT2D eigenvalue weighted by molar-refractivity contribution is 0.194. The van der Waals surface area contributed by atoms with Crippen molar-refractivity contribution >= 4 is 17.0 Å². The number of nitrogens with zero attached hydrogens (tertiary/aromatic N) is 7. The third-order valence-corrected chi connectivity index (χ3v) is 7.16. The molecule has 1 N–H and O–H groups in total. The number of fused-ring (bicyclic) bond motifs is 1. The molecule has 0 spiro atoms. The van der Waals surface area contributed by atoms with Crippen molar-refractivity contribution in [3.63, 3.8) is 0 Å². The largest absolute Gasteiger partial charge is 0.474 e. The van der Waals surface area contributed by atoms with Gasteiger partial charge in [0.1, 0.15) is 23.4 Å². The van der Waals surface area contributed by atoms with E-state index in [0.717, 1.165) is 65.4 Å². The van der Waals surface area contributed by atoms with Gasteiger partial charge in [0.05, 0.1) is 16.9 Å². The van der Waals surface area contributed by atoms with Crippen LogP contribution in [0.4, 0.5) is 5.95 Å². The Hall–Kier alpha value is -4.60. The fourth-order valence-electron chi connectivity index (χ4n) is 4.47. The summed E-state index contributed by atoms with van der Waals surface area (Å²) in [5.41, 5.74) is 4.88. The van der Waals surface area contributed by atoms with Crippen molar-refractivity contribution in [3.05, 3.63) is 71.9 Å². The van der Waals surface area contributed by atoms with Crippen molar-refractivity contribution < 1.29 is 9.47 Å². The first-order valence-corrected chi connectivity index (χ1v) is 13.7. The Morgan fingerprint density at radius 2 is 1.77 bits per heavy atom. The third kappa shape index (κ3) is 5.16. The van der Waals surface area contributed by atoms with Crippen LogP contribution in [0.5, 0.6) is 11.8 Å². The number of nitrogens with one attached hydrogen (secondary N) is 1. The average Bonchev–Trinajstić information content (AvgIpc) is 3.88. The third-order valence-electron chi connectivity index (χ3n) is 7.16. The van der Waals surface area contributed by atoms with Gasteiger partial charge in [-0.3, -0.25) is 0 Å². The second-order valence-corrected chi connectivity index (χ2v) is 10.8. The maximum atomic E-state index is 6.35. The zero-order valence-corrected chi connectivity index (χ0v) is 22.8. The van der Waals surface area contributed by atoms with Crippen molar-refractivity contribution in [2.24, 2.45) is 0 Å². The molecule has 0 radical (unpaired) electrons. The molecule has 2 aliphatic carbocycles. The van der Waals surface area contributed by atoms with Crippen LogP contribution in [0.2, 0.25) is 0 Å². The van der Waals surface area contributed by atoms with E-state index in [9.17, 15) is 0 Å². The first kappa shape index (κ1) is 24.4. The van der Waals surface area contributed by atoms with E-state index in [-0.39, 0.29) is 5.60 Å². The van der Waals surface area contributed by atoms with Crippen LogP contribution < -0.4 is 14.8 Å². The topological polar surface area (TPSA) is 113 Å². The first-order chi connectivity index (χ1) is 19.4. The van der Waals surface area contributed by atoms with Gasteiger partial charge in [0.25, 0.3) is 0 Å². The summed E-state index contributed by atoms with van der Waals surface area (Å²) in [5, 5.41) is 7.82. The van der Waals surface area contributed by atoms with Crippen molar-refractivity contribution in [3.8, 4) is 28.7 Å². The first-order valence-electron chi connectivity index (χ1n) is 13.7. The monoisotopic (exact) mass is 534 g/mol. The summed E-state index contributed by atoms with van der Waals surface area (Å²) in [6.07, 6.45) is 6.29. The minimum Gasteiger partial charge on any atom is -0.474 e. The lowest BCUT2D eigenvalue weighted by Gasteiger charge is -2.15. The molecule has 4 heterocycles. The zero-order chi connectivity index (χ0) is 27.3. The Morgan fingerprint density at radius 3 is 2.45 bits per heavy atom. The Morgan fingerprint density at radius 1 is 0.950 bits per heavy atom. The normalized spacial score (nSPS) is 15.7. The van der Waals surface area contributed by atoms with Gasteiger partial charge in [-0.25, -0.2) is 24.6 Å². The van der Waals surface area contributed by atoms with Crippen LogP contribution in [0.25, 0.3) is 28.0 Å². The van der Waals surface area contributed by atoms with E-state index in [2.05, 4.69) is 39.4 Å². The summed E-state index contributed by atoms with van der Waals surface area (Å²) in [6.45, 7) is 6.50. The van der Waals surface area contributed by atoms with E-state index in [1.54, 1.807) is 6.20 Å². The standard InChI is InChI=1S/C30H30N8O2/c1-18-33-19(2)38(37-18)22-7-4-20(5-8-22)16-32-29-35-25-12-11-24(21-6-13-26(31-17-21)39-23-9-10-23)34-27(25)28(36-29)40-30(3)14-15-30/h4-8,11-13,17,23H,9-10,14-16H2,1-3H3,(H,32,35,36). The number of hydrogen-bond acceptors (Lipinski definition) is 9. The molecular weight excluding hydrogens is 504 g/mol. The summed E-state index contributed by atoms with van der Waals surface area (Å²) in [6, 6.07) is 16.0. The van der Waals surface area contributed by atoms with E-state index in [1.807, 2.05) is 54.9 Å². The van der Waals surface area contributed by atoms with Crippen molar-refractivity contribution in [2.45, 2.75) is 64.7 Å². The predicted molar refractivity (Wildman–Crippen MR) is 151 cm³/mol. The number of ether oxygens (including phenoxy) is 2. The smallest absolute Gasteiger partial charge is 0.246 e. The van der Waals surface area contributed by atoms with Crippen molar-refractivity contribution in [1.29, 1.82) is 0 Å². The molecule has 5 aromatic rings. The quantitative estimate of drug-likeness (QED) is 0.267. The van der Waals surface area contributed by atoms with Crippen LogP contribution in [-0.2, 0) is 6.54 Å². The van der Waals surface area contributed by atoms with E-state index in [0.29, 0.717) is 35.9 Å². The number of rotatable bonds is 9. The lowest BCUT2D eigenvalue weighted by Crippen LogP contribution is -2.15.